The number of fused-ring (bicyclic) bond motifs is 1. The Hall–Kier alpha value is -1.94. The summed E-state index contributed by atoms with van der Waals surface area (Å²) >= 11 is 5.78. The van der Waals surface area contributed by atoms with Crippen LogP contribution in [0.15, 0.2) is 36.4 Å². The lowest BCUT2D eigenvalue weighted by Crippen LogP contribution is -2.20. The smallest absolute Gasteiger partial charge is 0.147 e. The van der Waals surface area contributed by atoms with Crippen LogP contribution >= 0.6 is 11.6 Å². The molecule has 0 amide bonds. The highest BCUT2D eigenvalue weighted by Gasteiger charge is 2.23. The van der Waals surface area contributed by atoms with Gasteiger partial charge in [-0.1, -0.05) is 11.6 Å². The van der Waals surface area contributed by atoms with Crippen molar-refractivity contribution in [3.05, 3.63) is 52.8 Å². The van der Waals surface area contributed by atoms with Crippen LogP contribution in [0.2, 0.25) is 5.02 Å². The van der Waals surface area contributed by atoms with Crippen LogP contribution in [0.4, 0.5) is 10.1 Å². The largest absolute Gasteiger partial charge is 0.497 e. The zero-order valence-corrected chi connectivity index (χ0v) is 12.3. The summed E-state index contributed by atoms with van der Waals surface area (Å²) in [6.45, 7) is 0.589. The molecule has 0 aliphatic carbocycles. The zero-order valence-electron chi connectivity index (χ0n) is 11.5. The zero-order chi connectivity index (χ0) is 14.8. The highest BCUT2D eigenvalue weighted by molar-refractivity contribution is 6.30. The third-order valence-corrected chi connectivity index (χ3v) is 3.75. The molecule has 0 saturated heterocycles. The summed E-state index contributed by atoms with van der Waals surface area (Å²) in [6, 6.07) is 10.2. The number of benzene rings is 2. The minimum atomic E-state index is -0.363. The number of rotatable bonds is 3. The van der Waals surface area contributed by atoms with Gasteiger partial charge in [-0.2, -0.15) is 0 Å². The Morgan fingerprint density at radius 2 is 2.14 bits per heavy atom. The highest BCUT2D eigenvalue weighted by Crippen LogP contribution is 2.37. The van der Waals surface area contributed by atoms with E-state index >= 15 is 0 Å². The lowest BCUT2D eigenvalue weighted by molar-refractivity contribution is 0.273. The van der Waals surface area contributed by atoms with Gasteiger partial charge in [0.2, 0.25) is 0 Å². The van der Waals surface area contributed by atoms with Gasteiger partial charge in [-0.15, -0.1) is 0 Å². The second-order valence-corrected chi connectivity index (χ2v) is 5.30. The van der Waals surface area contributed by atoms with Gasteiger partial charge in [-0.05, 0) is 36.4 Å². The highest BCUT2D eigenvalue weighted by atomic mass is 35.5. The standard InChI is InChI=1S/C16H15ClFNO2/c1-20-11-3-5-16-12(9-11)14(6-7-21-16)19-15-4-2-10(17)8-13(15)18/h2-5,8-9,14,19H,6-7H2,1H3. The number of halogens is 2. The number of hydrogen-bond donors (Lipinski definition) is 1. The van der Waals surface area contributed by atoms with Gasteiger partial charge in [0.1, 0.15) is 17.3 Å². The molecule has 1 unspecified atom stereocenters. The lowest BCUT2D eigenvalue weighted by atomic mass is 10.00. The van der Waals surface area contributed by atoms with Crippen LogP contribution in [-0.2, 0) is 0 Å². The van der Waals surface area contributed by atoms with Gasteiger partial charge in [0, 0.05) is 17.0 Å². The van der Waals surface area contributed by atoms with Crippen molar-refractivity contribution in [3.63, 3.8) is 0 Å². The molecule has 2 aromatic rings. The van der Waals surface area contributed by atoms with E-state index in [9.17, 15) is 4.39 Å². The molecular formula is C16H15ClFNO2. The maximum Gasteiger partial charge on any atom is 0.147 e. The van der Waals surface area contributed by atoms with Gasteiger partial charge in [0.25, 0.3) is 0 Å². The van der Waals surface area contributed by atoms with Crippen molar-refractivity contribution >= 4 is 17.3 Å². The first kappa shape index (κ1) is 14.0. The third-order valence-electron chi connectivity index (χ3n) is 3.52. The monoisotopic (exact) mass is 307 g/mol. The van der Waals surface area contributed by atoms with Gasteiger partial charge >= 0.3 is 0 Å². The number of methoxy groups -OCH3 is 1. The number of ether oxygens (including phenoxy) is 2. The average Bonchev–Trinajstić information content (AvgIpc) is 2.50. The summed E-state index contributed by atoms with van der Waals surface area (Å²) in [7, 11) is 1.62. The van der Waals surface area contributed by atoms with E-state index < -0.39 is 0 Å². The number of anilines is 1. The Bertz CT molecular complexity index is 663. The maximum absolute atomic E-state index is 13.9. The van der Waals surface area contributed by atoms with Crippen LogP contribution < -0.4 is 14.8 Å². The molecule has 1 aliphatic heterocycles. The Kier molecular flexibility index (Phi) is 3.88. The van der Waals surface area contributed by atoms with Crippen LogP contribution in [0.5, 0.6) is 11.5 Å². The van der Waals surface area contributed by atoms with E-state index in [1.165, 1.54) is 6.07 Å². The van der Waals surface area contributed by atoms with Crippen LogP contribution in [0, 0.1) is 5.82 Å². The Morgan fingerprint density at radius 1 is 1.29 bits per heavy atom. The van der Waals surface area contributed by atoms with E-state index in [0.717, 1.165) is 23.5 Å². The van der Waals surface area contributed by atoms with Crippen molar-refractivity contribution in [1.82, 2.24) is 0 Å². The van der Waals surface area contributed by atoms with Gasteiger partial charge in [0.05, 0.1) is 25.4 Å². The second-order valence-electron chi connectivity index (χ2n) is 4.86. The topological polar surface area (TPSA) is 30.5 Å². The summed E-state index contributed by atoms with van der Waals surface area (Å²) in [6.07, 6.45) is 0.752. The first-order valence-electron chi connectivity index (χ1n) is 6.69. The van der Waals surface area contributed by atoms with Crippen molar-refractivity contribution in [1.29, 1.82) is 0 Å². The molecule has 21 heavy (non-hydrogen) atoms. The molecule has 3 rings (SSSR count). The third kappa shape index (κ3) is 2.90. The van der Waals surface area contributed by atoms with E-state index in [1.807, 2.05) is 18.2 Å². The van der Waals surface area contributed by atoms with E-state index in [4.69, 9.17) is 21.1 Å². The minimum Gasteiger partial charge on any atom is -0.497 e. The number of hydrogen-bond acceptors (Lipinski definition) is 3. The molecule has 0 bridgehead atoms. The van der Waals surface area contributed by atoms with E-state index in [0.29, 0.717) is 17.3 Å². The Labute approximate surface area is 127 Å². The first-order chi connectivity index (χ1) is 10.2. The predicted octanol–water partition coefficient (Wildman–Crippen LogP) is 4.42. The molecule has 1 N–H and O–H groups in total. The van der Waals surface area contributed by atoms with E-state index in [1.54, 1.807) is 19.2 Å². The van der Waals surface area contributed by atoms with Crippen molar-refractivity contribution in [3.8, 4) is 11.5 Å². The molecule has 0 aromatic heterocycles. The van der Waals surface area contributed by atoms with E-state index in [-0.39, 0.29) is 11.9 Å². The fourth-order valence-corrected chi connectivity index (χ4v) is 2.60. The fourth-order valence-electron chi connectivity index (χ4n) is 2.44. The van der Waals surface area contributed by atoms with Gasteiger partial charge < -0.3 is 14.8 Å². The number of nitrogens with one attached hydrogen (secondary N) is 1. The van der Waals surface area contributed by atoms with Gasteiger partial charge in [-0.25, -0.2) is 4.39 Å². The molecule has 5 heteroatoms. The molecule has 0 fully saturated rings. The normalized spacial score (nSPS) is 16.8. The van der Waals surface area contributed by atoms with Gasteiger partial charge in [-0.3, -0.25) is 0 Å². The minimum absolute atomic E-state index is 0.0282. The Balaban J connectivity index is 1.90. The Morgan fingerprint density at radius 3 is 2.90 bits per heavy atom. The molecule has 0 radical (unpaired) electrons. The van der Waals surface area contributed by atoms with Crippen molar-refractivity contribution in [2.75, 3.05) is 19.0 Å². The quantitative estimate of drug-likeness (QED) is 0.910. The van der Waals surface area contributed by atoms with Crippen molar-refractivity contribution in [2.24, 2.45) is 0 Å². The van der Waals surface area contributed by atoms with Crippen molar-refractivity contribution in [2.45, 2.75) is 12.5 Å². The molecule has 0 spiro atoms. The second kappa shape index (κ2) is 5.82. The molecule has 0 saturated carbocycles. The van der Waals surface area contributed by atoms with Crippen LogP contribution in [0.1, 0.15) is 18.0 Å². The predicted molar refractivity (Wildman–Crippen MR) is 80.9 cm³/mol. The van der Waals surface area contributed by atoms with Crippen molar-refractivity contribution < 1.29 is 13.9 Å². The summed E-state index contributed by atoms with van der Waals surface area (Å²) in [5.74, 6) is 1.19. The maximum atomic E-state index is 13.9. The van der Waals surface area contributed by atoms with Gasteiger partial charge in [0.15, 0.2) is 0 Å². The van der Waals surface area contributed by atoms with Crippen LogP contribution in [0.25, 0.3) is 0 Å². The SMILES string of the molecule is COc1ccc2c(c1)C(Nc1ccc(Cl)cc1F)CCO2. The summed E-state index contributed by atoms with van der Waals surface area (Å²) in [5, 5.41) is 3.60. The molecule has 1 atom stereocenters. The van der Waals surface area contributed by atoms with Crippen LogP contribution in [0.3, 0.4) is 0 Å². The molecule has 1 aliphatic rings. The molecular weight excluding hydrogens is 293 g/mol. The summed E-state index contributed by atoms with van der Waals surface area (Å²) < 4.78 is 24.8. The molecule has 2 aromatic carbocycles. The molecule has 1 heterocycles. The fraction of sp³-hybridized carbons (Fsp3) is 0.250. The molecule has 110 valence electrons. The average molecular weight is 308 g/mol. The van der Waals surface area contributed by atoms with E-state index in [2.05, 4.69) is 5.32 Å². The summed E-state index contributed by atoms with van der Waals surface area (Å²) in [4.78, 5) is 0. The lowest BCUT2D eigenvalue weighted by Gasteiger charge is -2.28. The summed E-state index contributed by atoms with van der Waals surface area (Å²) in [5.41, 5.74) is 1.40. The molecule has 3 nitrogen and oxygen atoms in total. The van der Waals surface area contributed by atoms with Crippen LogP contribution in [-0.4, -0.2) is 13.7 Å². The first-order valence-corrected chi connectivity index (χ1v) is 7.07.